The van der Waals surface area contributed by atoms with Crippen molar-refractivity contribution in [2.45, 2.75) is 19.8 Å². The standard InChI is InChI=1S/C7H10O2S/c1-2-6(10)5-3-4-9-7(5)8/h5H,2-4H2,1H3. The molecule has 0 aromatic carbocycles. The van der Waals surface area contributed by atoms with Crippen LogP contribution in [0.1, 0.15) is 19.8 Å². The van der Waals surface area contributed by atoms with Gasteiger partial charge in [0.2, 0.25) is 0 Å². The van der Waals surface area contributed by atoms with Crippen LogP contribution < -0.4 is 0 Å². The average Bonchev–Trinajstić information content (AvgIpc) is 2.34. The van der Waals surface area contributed by atoms with E-state index in [0.717, 1.165) is 17.7 Å². The first-order valence-corrected chi connectivity index (χ1v) is 3.86. The zero-order chi connectivity index (χ0) is 7.56. The molecule has 0 aliphatic carbocycles. The number of thiocarbonyl (C=S) groups is 1. The number of esters is 1. The summed E-state index contributed by atoms with van der Waals surface area (Å²) in [6, 6.07) is 0. The minimum Gasteiger partial charge on any atom is -0.465 e. The van der Waals surface area contributed by atoms with Gasteiger partial charge in [-0.3, -0.25) is 4.79 Å². The van der Waals surface area contributed by atoms with Crippen molar-refractivity contribution in [2.75, 3.05) is 6.61 Å². The topological polar surface area (TPSA) is 26.3 Å². The molecule has 1 saturated heterocycles. The highest BCUT2D eigenvalue weighted by Gasteiger charge is 2.28. The van der Waals surface area contributed by atoms with Crippen molar-refractivity contribution in [2.24, 2.45) is 5.92 Å². The zero-order valence-corrected chi connectivity index (χ0v) is 6.74. The monoisotopic (exact) mass is 158 g/mol. The van der Waals surface area contributed by atoms with Crippen LogP contribution in [0.15, 0.2) is 0 Å². The van der Waals surface area contributed by atoms with Gasteiger partial charge in [0.1, 0.15) is 0 Å². The molecule has 1 aliphatic heterocycles. The Balaban J connectivity index is 2.55. The number of ether oxygens (including phenoxy) is 1. The molecular formula is C7H10O2S. The Hall–Kier alpha value is -0.440. The third-order valence-corrected chi connectivity index (χ3v) is 2.25. The predicted octanol–water partition coefficient (Wildman–Crippen LogP) is 1.33. The van der Waals surface area contributed by atoms with Crippen LogP contribution in [0.5, 0.6) is 0 Å². The fraction of sp³-hybridized carbons (Fsp3) is 0.714. The first-order chi connectivity index (χ1) is 4.75. The maximum atomic E-state index is 10.9. The lowest BCUT2D eigenvalue weighted by molar-refractivity contribution is -0.139. The minimum atomic E-state index is -0.133. The second-order valence-electron chi connectivity index (χ2n) is 2.33. The summed E-state index contributed by atoms with van der Waals surface area (Å²) in [7, 11) is 0. The molecule has 1 unspecified atom stereocenters. The summed E-state index contributed by atoms with van der Waals surface area (Å²) in [6.45, 7) is 2.51. The van der Waals surface area contributed by atoms with Gasteiger partial charge in [-0.05, 0) is 12.8 Å². The molecule has 1 rings (SSSR count). The average molecular weight is 158 g/mol. The molecule has 2 nitrogen and oxygen atoms in total. The first-order valence-electron chi connectivity index (χ1n) is 3.45. The fourth-order valence-corrected chi connectivity index (χ4v) is 1.25. The van der Waals surface area contributed by atoms with Crippen LogP contribution >= 0.6 is 12.2 Å². The summed E-state index contributed by atoms with van der Waals surface area (Å²) in [5.41, 5.74) is 0. The number of carbonyl (C=O) groups excluding carboxylic acids is 1. The largest absolute Gasteiger partial charge is 0.465 e. The Kier molecular flexibility index (Phi) is 2.38. The van der Waals surface area contributed by atoms with Crippen LogP contribution in [0.2, 0.25) is 0 Å². The summed E-state index contributed by atoms with van der Waals surface area (Å²) in [5, 5.41) is 0. The predicted molar refractivity (Wildman–Crippen MR) is 42.0 cm³/mol. The van der Waals surface area contributed by atoms with Crippen molar-refractivity contribution in [1.29, 1.82) is 0 Å². The van der Waals surface area contributed by atoms with E-state index in [1.54, 1.807) is 0 Å². The van der Waals surface area contributed by atoms with Gasteiger partial charge in [0.15, 0.2) is 0 Å². The van der Waals surface area contributed by atoms with Gasteiger partial charge in [0, 0.05) is 4.86 Å². The lowest BCUT2D eigenvalue weighted by atomic mass is 10.0. The van der Waals surface area contributed by atoms with Gasteiger partial charge in [-0.2, -0.15) is 0 Å². The quantitative estimate of drug-likeness (QED) is 0.448. The Morgan fingerprint density at radius 1 is 1.90 bits per heavy atom. The highest BCUT2D eigenvalue weighted by molar-refractivity contribution is 7.80. The van der Waals surface area contributed by atoms with Crippen molar-refractivity contribution < 1.29 is 9.53 Å². The molecule has 0 N–H and O–H groups in total. The smallest absolute Gasteiger partial charge is 0.314 e. The fourth-order valence-electron chi connectivity index (χ4n) is 1.03. The van der Waals surface area contributed by atoms with Crippen LogP contribution in [-0.4, -0.2) is 17.4 Å². The van der Waals surface area contributed by atoms with Crippen LogP contribution in [-0.2, 0) is 9.53 Å². The summed E-state index contributed by atoms with van der Waals surface area (Å²) >= 11 is 4.99. The van der Waals surface area contributed by atoms with E-state index in [1.165, 1.54) is 0 Å². The maximum absolute atomic E-state index is 10.9. The molecule has 0 amide bonds. The Morgan fingerprint density at radius 2 is 2.60 bits per heavy atom. The third-order valence-electron chi connectivity index (χ3n) is 1.67. The van der Waals surface area contributed by atoms with Gasteiger partial charge >= 0.3 is 5.97 Å². The van der Waals surface area contributed by atoms with Crippen molar-refractivity contribution in [3.05, 3.63) is 0 Å². The number of rotatable bonds is 2. The molecule has 1 aliphatic rings. The summed E-state index contributed by atoms with van der Waals surface area (Å²) in [4.78, 5) is 11.7. The van der Waals surface area contributed by atoms with Gasteiger partial charge in [-0.25, -0.2) is 0 Å². The van der Waals surface area contributed by atoms with Gasteiger partial charge in [-0.15, -0.1) is 0 Å². The molecule has 56 valence electrons. The lowest BCUT2D eigenvalue weighted by Gasteiger charge is -2.02. The van der Waals surface area contributed by atoms with Crippen molar-refractivity contribution in [3.8, 4) is 0 Å². The zero-order valence-electron chi connectivity index (χ0n) is 5.92. The molecule has 0 saturated carbocycles. The Bertz CT molecular complexity index is 165. The van der Waals surface area contributed by atoms with Crippen LogP contribution in [0, 0.1) is 5.92 Å². The van der Waals surface area contributed by atoms with Crippen LogP contribution in [0.4, 0.5) is 0 Å². The molecule has 1 heterocycles. The molecule has 0 bridgehead atoms. The molecule has 1 atom stereocenters. The molecular weight excluding hydrogens is 148 g/mol. The van der Waals surface area contributed by atoms with Gasteiger partial charge in [0.05, 0.1) is 12.5 Å². The van der Waals surface area contributed by atoms with Crippen molar-refractivity contribution >= 4 is 23.1 Å². The van der Waals surface area contributed by atoms with Gasteiger partial charge in [-0.1, -0.05) is 19.1 Å². The summed E-state index contributed by atoms with van der Waals surface area (Å²) in [5.74, 6) is -0.216. The molecule has 0 aromatic heterocycles. The third kappa shape index (κ3) is 1.34. The van der Waals surface area contributed by atoms with E-state index < -0.39 is 0 Å². The Labute approximate surface area is 65.6 Å². The second-order valence-corrected chi connectivity index (χ2v) is 2.85. The van der Waals surface area contributed by atoms with Crippen molar-refractivity contribution in [3.63, 3.8) is 0 Å². The molecule has 10 heavy (non-hydrogen) atoms. The molecule has 1 fully saturated rings. The van der Waals surface area contributed by atoms with E-state index >= 15 is 0 Å². The van der Waals surface area contributed by atoms with E-state index in [-0.39, 0.29) is 11.9 Å². The normalized spacial score (nSPS) is 24.5. The summed E-state index contributed by atoms with van der Waals surface area (Å²) in [6.07, 6.45) is 1.58. The van der Waals surface area contributed by atoms with Gasteiger partial charge in [0.25, 0.3) is 0 Å². The molecule has 0 spiro atoms. The SMILES string of the molecule is CCC(=S)C1CCOC1=O. The van der Waals surface area contributed by atoms with Crippen molar-refractivity contribution in [1.82, 2.24) is 0 Å². The summed E-state index contributed by atoms with van der Waals surface area (Å²) < 4.78 is 4.76. The van der Waals surface area contributed by atoms with Crippen LogP contribution in [0.25, 0.3) is 0 Å². The van der Waals surface area contributed by atoms with Crippen LogP contribution in [0.3, 0.4) is 0 Å². The lowest BCUT2D eigenvalue weighted by Crippen LogP contribution is -2.16. The van der Waals surface area contributed by atoms with E-state index in [0.29, 0.717) is 6.61 Å². The van der Waals surface area contributed by atoms with E-state index in [4.69, 9.17) is 17.0 Å². The second kappa shape index (κ2) is 3.10. The number of hydrogen-bond donors (Lipinski definition) is 0. The highest BCUT2D eigenvalue weighted by atomic mass is 32.1. The highest BCUT2D eigenvalue weighted by Crippen LogP contribution is 2.17. The number of cyclic esters (lactones) is 1. The van der Waals surface area contributed by atoms with E-state index in [9.17, 15) is 4.79 Å². The molecule has 0 aromatic rings. The molecule has 3 heteroatoms. The van der Waals surface area contributed by atoms with E-state index in [2.05, 4.69) is 0 Å². The minimum absolute atomic E-state index is 0.0833. The maximum Gasteiger partial charge on any atom is 0.314 e. The molecule has 0 radical (unpaired) electrons. The first kappa shape index (κ1) is 7.66. The van der Waals surface area contributed by atoms with E-state index in [1.807, 2.05) is 6.92 Å². The number of carbonyl (C=O) groups is 1. The van der Waals surface area contributed by atoms with Gasteiger partial charge < -0.3 is 4.74 Å². The Morgan fingerprint density at radius 3 is 3.00 bits per heavy atom. The number of hydrogen-bond acceptors (Lipinski definition) is 3.